The molecular formula is C23H23Cl4N5O3. The lowest BCUT2D eigenvalue weighted by Gasteiger charge is -2.31. The van der Waals surface area contributed by atoms with Crippen molar-refractivity contribution < 1.29 is 14.3 Å². The van der Waals surface area contributed by atoms with Crippen molar-refractivity contribution in [2.24, 2.45) is 5.92 Å². The first kappa shape index (κ1) is 25.8. The molecule has 8 nitrogen and oxygen atoms in total. The number of benzene rings is 2. The molecule has 1 aliphatic rings. The van der Waals surface area contributed by atoms with E-state index in [2.05, 4.69) is 15.4 Å². The van der Waals surface area contributed by atoms with Gasteiger partial charge in [0, 0.05) is 24.5 Å². The number of nitrogens with zero attached hydrogens (tertiary/aromatic N) is 5. The van der Waals surface area contributed by atoms with Crippen molar-refractivity contribution in [1.29, 1.82) is 0 Å². The molecule has 0 unspecified atom stereocenters. The Labute approximate surface area is 223 Å². The molecule has 0 bridgehead atoms. The van der Waals surface area contributed by atoms with Crippen molar-refractivity contribution in [3.8, 4) is 11.8 Å². The molecule has 3 aromatic rings. The van der Waals surface area contributed by atoms with E-state index in [1.54, 1.807) is 23.1 Å². The van der Waals surface area contributed by atoms with E-state index < -0.39 is 0 Å². The predicted octanol–water partition coefficient (Wildman–Crippen LogP) is 6.56. The van der Waals surface area contributed by atoms with Crippen LogP contribution in [0, 0.1) is 5.92 Å². The number of halogens is 4. The van der Waals surface area contributed by atoms with Crippen molar-refractivity contribution in [2.75, 3.05) is 19.7 Å². The van der Waals surface area contributed by atoms with E-state index >= 15 is 0 Å². The van der Waals surface area contributed by atoms with Gasteiger partial charge in [-0.1, -0.05) is 62.7 Å². The van der Waals surface area contributed by atoms with Crippen LogP contribution in [-0.2, 0) is 17.7 Å². The summed E-state index contributed by atoms with van der Waals surface area (Å²) in [6.45, 7) is 2.01. The predicted molar refractivity (Wildman–Crippen MR) is 135 cm³/mol. The molecule has 0 spiro atoms. The number of hydrogen-bond acceptors (Lipinski definition) is 6. The molecule has 35 heavy (non-hydrogen) atoms. The highest BCUT2D eigenvalue weighted by Gasteiger charge is 2.24. The summed E-state index contributed by atoms with van der Waals surface area (Å²) in [5, 5.41) is 13.9. The first-order valence-corrected chi connectivity index (χ1v) is 12.6. The number of aromatic nitrogens is 4. The van der Waals surface area contributed by atoms with Crippen LogP contribution in [0.3, 0.4) is 0 Å². The van der Waals surface area contributed by atoms with Gasteiger partial charge in [-0.25, -0.2) is 4.79 Å². The van der Waals surface area contributed by atoms with Gasteiger partial charge in [0.15, 0.2) is 0 Å². The van der Waals surface area contributed by atoms with Crippen LogP contribution in [0.5, 0.6) is 11.8 Å². The van der Waals surface area contributed by atoms with Crippen molar-refractivity contribution in [3.63, 3.8) is 0 Å². The Morgan fingerprint density at radius 2 is 1.80 bits per heavy atom. The zero-order chi connectivity index (χ0) is 24.8. The highest BCUT2D eigenvalue weighted by Crippen LogP contribution is 2.30. The Kier molecular flexibility index (Phi) is 8.94. The van der Waals surface area contributed by atoms with E-state index in [0.717, 1.165) is 24.8 Å². The number of hydrogen-bond donors (Lipinski definition) is 0. The molecular weight excluding hydrogens is 536 g/mol. The molecule has 2 aromatic carbocycles. The highest BCUT2D eigenvalue weighted by molar-refractivity contribution is 6.42. The Morgan fingerprint density at radius 1 is 1.00 bits per heavy atom. The summed E-state index contributed by atoms with van der Waals surface area (Å²) in [5.41, 5.74) is 1.16. The third-order valence-corrected chi connectivity index (χ3v) is 6.91. The largest absolute Gasteiger partial charge is 0.449 e. The second-order valence-electron chi connectivity index (χ2n) is 8.20. The van der Waals surface area contributed by atoms with Crippen molar-refractivity contribution in [3.05, 3.63) is 62.1 Å². The fourth-order valence-corrected chi connectivity index (χ4v) is 4.56. The normalized spacial score (nSPS) is 14.2. The van der Waals surface area contributed by atoms with Crippen LogP contribution in [-0.4, -0.2) is 50.9 Å². The number of carbonyl (C=O) groups is 1. The minimum atomic E-state index is -0.300. The summed E-state index contributed by atoms with van der Waals surface area (Å²) in [6, 6.07) is 10.6. The molecule has 1 aliphatic heterocycles. The van der Waals surface area contributed by atoms with Gasteiger partial charge in [-0.05, 0) is 66.3 Å². The van der Waals surface area contributed by atoms with Crippen molar-refractivity contribution >= 4 is 52.5 Å². The van der Waals surface area contributed by atoms with E-state index in [1.807, 2.05) is 18.2 Å². The molecule has 0 N–H and O–H groups in total. The molecule has 2 heterocycles. The van der Waals surface area contributed by atoms with Gasteiger partial charge < -0.3 is 14.4 Å². The van der Waals surface area contributed by atoms with Gasteiger partial charge in [0.2, 0.25) is 0 Å². The average Bonchev–Trinajstić information content (AvgIpc) is 3.28. The summed E-state index contributed by atoms with van der Waals surface area (Å²) in [7, 11) is 0. The van der Waals surface area contributed by atoms with Crippen LogP contribution in [0.4, 0.5) is 4.79 Å². The van der Waals surface area contributed by atoms with Crippen LogP contribution < -0.4 is 4.74 Å². The standard InChI is InChI=1S/C23H23Cl4N5O3/c24-17-3-5-21(20(27)14-17)35-22-28-30-32(29-22)8-1-11-34-23(33)31-9-6-15(7-10-31)12-16-2-4-18(25)19(26)13-16/h2-5,13-15H,1,6-12H2. The number of likely N-dealkylation sites (tertiary alicyclic amines) is 1. The Morgan fingerprint density at radius 3 is 2.54 bits per heavy atom. The smallest absolute Gasteiger partial charge is 0.409 e. The fourth-order valence-electron chi connectivity index (χ4n) is 3.80. The number of piperidine rings is 1. The fraction of sp³-hybridized carbons (Fsp3) is 0.391. The van der Waals surface area contributed by atoms with Crippen LogP contribution in [0.2, 0.25) is 20.1 Å². The molecule has 4 rings (SSSR count). The number of aryl methyl sites for hydroxylation is 1. The van der Waals surface area contributed by atoms with E-state index in [4.69, 9.17) is 55.9 Å². The van der Waals surface area contributed by atoms with Crippen LogP contribution in [0.15, 0.2) is 36.4 Å². The van der Waals surface area contributed by atoms with Gasteiger partial charge in [-0.2, -0.15) is 4.80 Å². The van der Waals surface area contributed by atoms with Gasteiger partial charge in [0.05, 0.1) is 28.2 Å². The summed E-state index contributed by atoms with van der Waals surface area (Å²) < 4.78 is 10.9. The topological polar surface area (TPSA) is 82.4 Å². The Bertz CT molecular complexity index is 1170. The molecule has 186 valence electrons. The number of amides is 1. The monoisotopic (exact) mass is 557 g/mol. The molecule has 0 radical (unpaired) electrons. The maximum atomic E-state index is 12.4. The first-order chi connectivity index (χ1) is 16.9. The summed E-state index contributed by atoms with van der Waals surface area (Å²) in [5.74, 6) is 0.874. The lowest BCUT2D eigenvalue weighted by molar-refractivity contribution is 0.0853. The molecule has 1 amide bonds. The maximum Gasteiger partial charge on any atom is 0.409 e. The lowest BCUT2D eigenvalue weighted by atomic mass is 9.90. The number of carbonyl (C=O) groups excluding carboxylic acids is 1. The van der Waals surface area contributed by atoms with E-state index in [-0.39, 0.29) is 18.7 Å². The maximum absolute atomic E-state index is 12.4. The second-order valence-corrected chi connectivity index (χ2v) is 9.85. The van der Waals surface area contributed by atoms with Crippen LogP contribution >= 0.6 is 46.4 Å². The Balaban J connectivity index is 1.14. The molecule has 0 saturated carbocycles. The highest BCUT2D eigenvalue weighted by atomic mass is 35.5. The summed E-state index contributed by atoms with van der Waals surface area (Å²) >= 11 is 24.1. The SMILES string of the molecule is O=C(OCCCn1nnc(Oc2ccc(Cl)cc2Cl)n1)N1CCC(Cc2ccc(Cl)c(Cl)c2)CC1. The van der Waals surface area contributed by atoms with Gasteiger partial charge in [-0.3, -0.25) is 0 Å². The van der Waals surface area contributed by atoms with Crippen LogP contribution in [0.25, 0.3) is 0 Å². The summed E-state index contributed by atoms with van der Waals surface area (Å²) in [6.07, 6.45) is 2.99. The minimum Gasteiger partial charge on any atom is -0.449 e. The van der Waals surface area contributed by atoms with Gasteiger partial charge >= 0.3 is 12.1 Å². The third kappa shape index (κ3) is 7.36. The van der Waals surface area contributed by atoms with E-state index in [9.17, 15) is 4.79 Å². The molecule has 12 heteroatoms. The van der Waals surface area contributed by atoms with Gasteiger partial charge in [0.25, 0.3) is 0 Å². The Hall–Kier alpha value is -2.26. The second kappa shape index (κ2) is 12.1. The number of rotatable bonds is 8. The average molecular weight is 559 g/mol. The first-order valence-electron chi connectivity index (χ1n) is 11.1. The number of tetrazole rings is 1. The molecule has 0 aliphatic carbocycles. The van der Waals surface area contributed by atoms with Crippen LogP contribution in [0.1, 0.15) is 24.8 Å². The molecule has 1 fully saturated rings. The summed E-state index contributed by atoms with van der Waals surface area (Å²) in [4.78, 5) is 15.5. The number of ether oxygens (including phenoxy) is 2. The quantitative estimate of drug-likeness (QED) is 0.291. The molecule has 1 saturated heterocycles. The van der Waals surface area contributed by atoms with Crippen molar-refractivity contribution in [1.82, 2.24) is 25.1 Å². The molecule has 1 aromatic heterocycles. The van der Waals surface area contributed by atoms with E-state index in [1.165, 1.54) is 4.80 Å². The zero-order valence-electron chi connectivity index (χ0n) is 18.7. The van der Waals surface area contributed by atoms with Gasteiger partial charge in [-0.15, -0.1) is 0 Å². The van der Waals surface area contributed by atoms with E-state index in [0.29, 0.717) is 57.8 Å². The van der Waals surface area contributed by atoms with Gasteiger partial charge in [0.1, 0.15) is 5.75 Å². The lowest BCUT2D eigenvalue weighted by Crippen LogP contribution is -2.39. The zero-order valence-corrected chi connectivity index (χ0v) is 21.7. The molecule has 0 atom stereocenters. The minimum absolute atomic E-state index is 0.0648. The third-order valence-electron chi connectivity index (χ3n) is 5.64. The van der Waals surface area contributed by atoms with Crippen molar-refractivity contribution in [2.45, 2.75) is 32.2 Å².